The molecule has 0 aliphatic rings. The molecule has 1 N–H and O–H groups in total. The van der Waals surface area contributed by atoms with Gasteiger partial charge in [-0.05, 0) is 24.5 Å². The van der Waals surface area contributed by atoms with Gasteiger partial charge in [0.1, 0.15) is 4.64 Å². The van der Waals surface area contributed by atoms with Crippen molar-refractivity contribution in [3.8, 4) is 0 Å². The molecular weight excluding hydrogens is 142 g/mol. The Hall–Kier alpha value is -0.630. The summed E-state index contributed by atoms with van der Waals surface area (Å²) in [6.45, 7) is 4.17. The maximum Gasteiger partial charge on any atom is 0.106 e. The zero-order valence-electron chi connectivity index (χ0n) is 6.27. The number of nitrogens with one attached hydrogen (secondary N) is 1. The zero-order valence-corrected chi connectivity index (χ0v) is 7.09. The predicted molar refractivity (Wildman–Crippen MR) is 45.7 cm³/mol. The molecule has 0 saturated heterocycles. The molecule has 1 aromatic rings. The fourth-order valence-corrected chi connectivity index (χ4v) is 1.18. The molecule has 0 bridgehead atoms. The number of hydrogen-bond acceptors (Lipinski definition) is 1. The van der Waals surface area contributed by atoms with Gasteiger partial charge in [0.15, 0.2) is 0 Å². The van der Waals surface area contributed by atoms with Crippen LogP contribution < -0.4 is 0 Å². The van der Waals surface area contributed by atoms with Crippen molar-refractivity contribution in [1.29, 1.82) is 0 Å². The average molecular weight is 153 g/mol. The van der Waals surface area contributed by atoms with E-state index in [1.165, 1.54) is 11.1 Å². The van der Waals surface area contributed by atoms with Crippen molar-refractivity contribution in [3.63, 3.8) is 0 Å². The summed E-state index contributed by atoms with van der Waals surface area (Å²) in [5.74, 6) is 0. The summed E-state index contributed by atoms with van der Waals surface area (Å²) >= 11 is 5.06. The molecule has 1 rings (SSSR count). The van der Waals surface area contributed by atoms with E-state index >= 15 is 0 Å². The fraction of sp³-hybridized carbons (Fsp3) is 0.375. The monoisotopic (exact) mass is 153 g/mol. The summed E-state index contributed by atoms with van der Waals surface area (Å²) in [6.07, 6.45) is 2.94. The molecule has 2 heteroatoms. The van der Waals surface area contributed by atoms with Gasteiger partial charge in [0.2, 0.25) is 0 Å². The first-order valence-corrected chi connectivity index (χ1v) is 3.83. The van der Waals surface area contributed by atoms with E-state index in [-0.39, 0.29) is 0 Å². The molecule has 0 amide bonds. The number of aromatic amines is 1. The minimum atomic E-state index is 0.869. The molecule has 1 nitrogen and oxygen atoms in total. The molecule has 54 valence electrons. The predicted octanol–water partition coefficient (Wildman–Crippen LogP) is 2.62. The Morgan fingerprint density at radius 2 is 2.30 bits per heavy atom. The van der Waals surface area contributed by atoms with Gasteiger partial charge in [-0.1, -0.05) is 25.2 Å². The molecule has 0 atom stereocenters. The number of rotatable bonds is 1. The largest absolute Gasteiger partial charge is 0.352 e. The number of aryl methyl sites for hydroxylation is 2. The third kappa shape index (κ3) is 1.45. The lowest BCUT2D eigenvalue weighted by Crippen LogP contribution is -1.86. The number of pyridine rings is 1. The standard InChI is InChI=1S/C8H11NS/c1-3-7-4-6(2)5-9-8(7)10/h4-5H,3H2,1-2H3,(H,9,10). The maximum absolute atomic E-state index is 5.06. The van der Waals surface area contributed by atoms with E-state index in [1.54, 1.807) is 0 Å². The number of hydrogen-bond donors (Lipinski definition) is 1. The van der Waals surface area contributed by atoms with Gasteiger partial charge in [0, 0.05) is 6.20 Å². The summed E-state index contributed by atoms with van der Waals surface area (Å²) in [6, 6.07) is 2.12. The van der Waals surface area contributed by atoms with Crippen molar-refractivity contribution in [1.82, 2.24) is 4.98 Å². The van der Waals surface area contributed by atoms with E-state index in [0.717, 1.165) is 11.1 Å². The van der Waals surface area contributed by atoms with E-state index in [4.69, 9.17) is 12.2 Å². The Balaban J connectivity index is 3.22. The van der Waals surface area contributed by atoms with E-state index in [0.29, 0.717) is 0 Å². The number of aromatic nitrogens is 1. The van der Waals surface area contributed by atoms with Crippen LogP contribution >= 0.6 is 12.2 Å². The normalized spacial score (nSPS) is 9.80. The quantitative estimate of drug-likeness (QED) is 0.613. The summed E-state index contributed by atoms with van der Waals surface area (Å²) in [4.78, 5) is 3.03. The summed E-state index contributed by atoms with van der Waals surface area (Å²) < 4.78 is 0.869. The van der Waals surface area contributed by atoms with Gasteiger partial charge in [0.05, 0.1) is 0 Å². The van der Waals surface area contributed by atoms with Gasteiger partial charge in [0.25, 0.3) is 0 Å². The fourth-order valence-electron chi connectivity index (χ4n) is 0.917. The smallest absolute Gasteiger partial charge is 0.106 e. The van der Waals surface area contributed by atoms with Crippen LogP contribution in [0.5, 0.6) is 0 Å². The lowest BCUT2D eigenvalue weighted by molar-refractivity contribution is 1.07. The Labute approximate surface area is 66.1 Å². The first kappa shape index (κ1) is 7.48. The molecule has 0 spiro atoms. The topological polar surface area (TPSA) is 15.8 Å². The minimum absolute atomic E-state index is 0.869. The van der Waals surface area contributed by atoms with Gasteiger partial charge in [-0.2, -0.15) is 0 Å². The molecule has 0 radical (unpaired) electrons. The molecule has 1 aromatic heterocycles. The second-order valence-electron chi connectivity index (χ2n) is 2.38. The van der Waals surface area contributed by atoms with E-state index in [1.807, 2.05) is 6.20 Å². The first-order valence-electron chi connectivity index (χ1n) is 3.42. The Morgan fingerprint density at radius 1 is 1.60 bits per heavy atom. The van der Waals surface area contributed by atoms with Crippen molar-refractivity contribution in [3.05, 3.63) is 28.0 Å². The third-order valence-corrected chi connectivity index (χ3v) is 1.89. The van der Waals surface area contributed by atoms with Gasteiger partial charge >= 0.3 is 0 Å². The molecule has 1 heterocycles. The van der Waals surface area contributed by atoms with E-state index in [2.05, 4.69) is 24.9 Å². The van der Waals surface area contributed by atoms with Crippen molar-refractivity contribution in [2.75, 3.05) is 0 Å². The molecule has 0 aliphatic carbocycles. The maximum atomic E-state index is 5.06. The second-order valence-corrected chi connectivity index (χ2v) is 2.79. The molecule has 0 unspecified atom stereocenters. The van der Waals surface area contributed by atoms with Crippen molar-refractivity contribution >= 4 is 12.2 Å². The molecule has 0 fully saturated rings. The van der Waals surface area contributed by atoms with E-state index < -0.39 is 0 Å². The van der Waals surface area contributed by atoms with Gasteiger partial charge in [-0.3, -0.25) is 0 Å². The first-order chi connectivity index (χ1) is 4.74. The van der Waals surface area contributed by atoms with Crippen LogP contribution in [-0.2, 0) is 6.42 Å². The van der Waals surface area contributed by atoms with Crippen LogP contribution in [0.25, 0.3) is 0 Å². The third-order valence-electron chi connectivity index (χ3n) is 1.51. The highest BCUT2D eigenvalue weighted by Gasteiger charge is 1.91. The molecule has 0 saturated carbocycles. The zero-order chi connectivity index (χ0) is 7.56. The molecular formula is C8H11NS. The van der Waals surface area contributed by atoms with Gasteiger partial charge < -0.3 is 4.98 Å². The van der Waals surface area contributed by atoms with Crippen LogP contribution in [0.2, 0.25) is 0 Å². The lowest BCUT2D eigenvalue weighted by atomic mass is 10.2. The minimum Gasteiger partial charge on any atom is -0.352 e. The van der Waals surface area contributed by atoms with Crippen molar-refractivity contribution in [2.45, 2.75) is 20.3 Å². The molecule has 10 heavy (non-hydrogen) atoms. The Bertz CT molecular complexity index is 275. The van der Waals surface area contributed by atoms with Gasteiger partial charge in [-0.15, -0.1) is 0 Å². The summed E-state index contributed by atoms with van der Waals surface area (Å²) in [5.41, 5.74) is 2.47. The Kier molecular flexibility index (Phi) is 2.22. The van der Waals surface area contributed by atoms with E-state index in [9.17, 15) is 0 Å². The highest BCUT2D eigenvalue weighted by molar-refractivity contribution is 7.71. The summed E-state index contributed by atoms with van der Waals surface area (Å²) in [7, 11) is 0. The second kappa shape index (κ2) is 2.97. The average Bonchev–Trinajstić information content (AvgIpc) is 1.94. The molecule has 0 aromatic carbocycles. The SMILES string of the molecule is CCc1cc(C)c[nH]c1=S. The van der Waals surface area contributed by atoms with Crippen LogP contribution in [0.4, 0.5) is 0 Å². The van der Waals surface area contributed by atoms with Crippen LogP contribution in [0.3, 0.4) is 0 Å². The highest BCUT2D eigenvalue weighted by Crippen LogP contribution is 2.03. The Morgan fingerprint density at radius 3 is 2.80 bits per heavy atom. The van der Waals surface area contributed by atoms with Crippen LogP contribution in [0, 0.1) is 11.6 Å². The highest BCUT2D eigenvalue weighted by atomic mass is 32.1. The van der Waals surface area contributed by atoms with Crippen molar-refractivity contribution < 1.29 is 0 Å². The van der Waals surface area contributed by atoms with Crippen molar-refractivity contribution in [2.24, 2.45) is 0 Å². The number of H-pyrrole nitrogens is 1. The lowest BCUT2D eigenvalue weighted by Gasteiger charge is -1.97. The van der Waals surface area contributed by atoms with Crippen LogP contribution in [0.15, 0.2) is 12.3 Å². The van der Waals surface area contributed by atoms with Gasteiger partial charge in [-0.25, -0.2) is 0 Å². The van der Waals surface area contributed by atoms with Crippen LogP contribution in [0.1, 0.15) is 18.1 Å². The van der Waals surface area contributed by atoms with Crippen LogP contribution in [-0.4, -0.2) is 4.98 Å². The molecule has 0 aliphatic heterocycles. The summed E-state index contributed by atoms with van der Waals surface area (Å²) in [5, 5.41) is 0.